The van der Waals surface area contributed by atoms with Gasteiger partial charge in [0.05, 0.1) is 17.8 Å². The SMILES string of the molecule is O=C1C=CC(c2ccccc2)=CC1C1NCCN1C(=O)Nc1cccc(F)c1F. The zero-order chi connectivity index (χ0) is 20.4. The Balaban J connectivity index is 1.56. The maximum atomic E-state index is 13.9. The highest BCUT2D eigenvalue weighted by Gasteiger charge is 2.37. The van der Waals surface area contributed by atoms with Crippen LogP contribution in [-0.2, 0) is 4.79 Å². The van der Waals surface area contributed by atoms with Gasteiger partial charge in [-0.15, -0.1) is 0 Å². The number of halogens is 2. The van der Waals surface area contributed by atoms with E-state index >= 15 is 0 Å². The van der Waals surface area contributed by atoms with Crippen LogP contribution in [0.2, 0.25) is 0 Å². The summed E-state index contributed by atoms with van der Waals surface area (Å²) in [6.07, 6.45) is 4.53. The fraction of sp³-hybridized carbons (Fsp3) is 0.182. The van der Waals surface area contributed by atoms with Crippen molar-refractivity contribution in [3.63, 3.8) is 0 Å². The Bertz CT molecular complexity index is 1000. The molecule has 1 aliphatic heterocycles. The number of hydrogen-bond donors (Lipinski definition) is 2. The molecule has 4 rings (SSSR count). The lowest BCUT2D eigenvalue weighted by molar-refractivity contribution is -0.118. The molecule has 2 aliphatic rings. The van der Waals surface area contributed by atoms with Gasteiger partial charge in [0.1, 0.15) is 0 Å². The summed E-state index contributed by atoms with van der Waals surface area (Å²) >= 11 is 0. The highest BCUT2D eigenvalue weighted by atomic mass is 19.2. The molecule has 1 heterocycles. The van der Waals surface area contributed by atoms with E-state index in [2.05, 4.69) is 10.6 Å². The third-order valence-corrected chi connectivity index (χ3v) is 5.06. The second kappa shape index (κ2) is 7.97. The van der Waals surface area contributed by atoms with E-state index in [1.54, 1.807) is 6.08 Å². The molecule has 0 spiro atoms. The van der Waals surface area contributed by atoms with E-state index in [9.17, 15) is 18.4 Å². The number of nitrogens with zero attached hydrogens (tertiary/aromatic N) is 1. The Hall–Kier alpha value is -3.32. The standard InChI is InChI=1S/C22H19F2N3O2/c23-17-7-4-8-18(20(17)24)26-22(29)27-12-11-25-21(27)16-13-15(9-10-19(16)28)14-5-2-1-3-6-14/h1-10,13,16,21,25H,11-12H2,(H,26,29). The van der Waals surface area contributed by atoms with Crippen molar-refractivity contribution in [3.05, 3.63) is 84.0 Å². The maximum absolute atomic E-state index is 13.9. The van der Waals surface area contributed by atoms with Crippen LogP contribution in [0.25, 0.3) is 5.57 Å². The van der Waals surface area contributed by atoms with Crippen molar-refractivity contribution in [2.45, 2.75) is 6.17 Å². The van der Waals surface area contributed by atoms with Crippen molar-refractivity contribution in [3.8, 4) is 0 Å². The third kappa shape index (κ3) is 3.82. The Labute approximate surface area is 166 Å². The minimum absolute atomic E-state index is 0.126. The van der Waals surface area contributed by atoms with E-state index in [0.29, 0.717) is 13.1 Å². The van der Waals surface area contributed by atoms with Crippen LogP contribution in [-0.4, -0.2) is 36.0 Å². The van der Waals surface area contributed by atoms with E-state index in [1.165, 1.54) is 23.1 Å². The summed E-state index contributed by atoms with van der Waals surface area (Å²) in [6.45, 7) is 0.834. The Morgan fingerprint density at radius 2 is 1.86 bits per heavy atom. The van der Waals surface area contributed by atoms with Gasteiger partial charge in [0.15, 0.2) is 17.4 Å². The number of anilines is 1. The second-order valence-electron chi connectivity index (χ2n) is 6.87. The van der Waals surface area contributed by atoms with Crippen LogP contribution in [0.5, 0.6) is 0 Å². The highest BCUT2D eigenvalue weighted by molar-refractivity contribution is 6.01. The van der Waals surface area contributed by atoms with Crippen molar-refractivity contribution in [1.29, 1.82) is 0 Å². The van der Waals surface area contributed by atoms with Crippen molar-refractivity contribution in [2.75, 3.05) is 18.4 Å². The Morgan fingerprint density at radius 1 is 1.07 bits per heavy atom. The lowest BCUT2D eigenvalue weighted by Gasteiger charge is -2.30. The molecule has 2 amide bonds. The van der Waals surface area contributed by atoms with Crippen molar-refractivity contribution in [1.82, 2.24) is 10.2 Å². The van der Waals surface area contributed by atoms with Crippen molar-refractivity contribution < 1.29 is 18.4 Å². The monoisotopic (exact) mass is 395 g/mol. The fourth-order valence-corrected chi connectivity index (χ4v) is 3.60. The number of amides is 2. The molecule has 1 fully saturated rings. The summed E-state index contributed by atoms with van der Waals surface area (Å²) in [6, 6.07) is 12.6. The molecule has 2 atom stereocenters. The van der Waals surface area contributed by atoms with E-state index in [0.717, 1.165) is 17.2 Å². The molecular formula is C22H19F2N3O2. The number of nitrogens with one attached hydrogen (secondary N) is 2. The summed E-state index contributed by atoms with van der Waals surface area (Å²) < 4.78 is 27.3. The van der Waals surface area contributed by atoms with Gasteiger partial charge in [-0.05, 0) is 29.3 Å². The van der Waals surface area contributed by atoms with E-state index < -0.39 is 29.7 Å². The average molecular weight is 395 g/mol. The van der Waals surface area contributed by atoms with Gasteiger partial charge in [0.2, 0.25) is 0 Å². The quantitative estimate of drug-likeness (QED) is 0.835. The first-order valence-electron chi connectivity index (χ1n) is 9.29. The van der Waals surface area contributed by atoms with Gasteiger partial charge in [0.25, 0.3) is 0 Å². The van der Waals surface area contributed by atoms with Crippen LogP contribution >= 0.6 is 0 Å². The number of ketones is 1. The van der Waals surface area contributed by atoms with Crippen LogP contribution in [0.4, 0.5) is 19.3 Å². The minimum atomic E-state index is -1.12. The van der Waals surface area contributed by atoms with E-state index in [1.807, 2.05) is 36.4 Å². The summed E-state index contributed by atoms with van der Waals surface area (Å²) in [5.41, 5.74) is 1.62. The summed E-state index contributed by atoms with van der Waals surface area (Å²) in [5.74, 6) is -2.87. The van der Waals surface area contributed by atoms with Crippen molar-refractivity contribution in [2.24, 2.45) is 5.92 Å². The van der Waals surface area contributed by atoms with Gasteiger partial charge in [-0.1, -0.05) is 48.6 Å². The molecule has 1 saturated heterocycles. The Morgan fingerprint density at radius 3 is 2.66 bits per heavy atom. The molecule has 148 valence electrons. The van der Waals surface area contributed by atoms with E-state index in [4.69, 9.17) is 0 Å². The molecule has 0 aromatic heterocycles. The third-order valence-electron chi connectivity index (χ3n) is 5.06. The average Bonchev–Trinajstić information content (AvgIpc) is 3.22. The Kier molecular flexibility index (Phi) is 5.22. The maximum Gasteiger partial charge on any atom is 0.323 e. The summed E-state index contributed by atoms with van der Waals surface area (Å²) in [7, 11) is 0. The van der Waals surface area contributed by atoms with Gasteiger partial charge >= 0.3 is 6.03 Å². The highest BCUT2D eigenvalue weighted by Crippen LogP contribution is 2.28. The summed E-state index contributed by atoms with van der Waals surface area (Å²) in [5, 5.41) is 5.57. The van der Waals surface area contributed by atoms with Gasteiger partial charge < -0.3 is 10.2 Å². The molecule has 2 unspecified atom stereocenters. The van der Waals surface area contributed by atoms with E-state index in [-0.39, 0.29) is 11.5 Å². The van der Waals surface area contributed by atoms with Gasteiger partial charge in [-0.25, -0.2) is 13.6 Å². The van der Waals surface area contributed by atoms with Gasteiger partial charge in [-0.3, -0.25) is 10.1 Å². The lowest BCUT2D eigenvalue weighted by atomic mass is 9.89. The number of allylic oxidation sites excluding steroid dienone is 3. The molecule has 0 radical (unpaired) electrons. The topological polar surface area (TPSA) is 61.4 Å². The normalized spacial score (nSPS) is 21.2. The molecule has 2 aromatic rings. The number of rotatable bonds is 3. The smallest absolute Gasteiger partial charge is 0.307 e. The molecule has 2 aromatic carbocycles. The summed E-state index contributed by atoms with van der Waals surface area (Å²) in [4.78, 5) is 26.7. The molecule has 29 heavy (non-hydrogen) atoms. The fourth-order valence-electron chi connectivity index (χ4n) is 3.60. The lowest BCUT2D eigenvalue weighted by Crippen LogP contribution is -2.48. The minimum Gasteiger partial charge on any atom is -0.307 e. The van der Waals surface area contributed by atoms with Crippen LogP contribution in [0.3, 0.4) is 0 Å². The first-order chi connectivity index (χ1) is 14.0. The molecule has 1 aliphatic carbocycles. The van der Waals surface area contributed by atoms with Crippen molar-refractivity contribution >= 4 is 23.1 Å². The van der Waals surface area contributed by atoms with Crippen LogP contribution in [0.15, 0.2) is 66.8 Å². The molecule has 0 saturated carbocycles. The second-order valence-corrected chi connectivity index (χ2v) is 6.87. The van der Waals surface area contributed by atoms with Gasteiger partial charge in [-0.2, -0.15) is 0 Å². The molecular weight excluding hydrogens is 376 g/mol. The predicted molar refractivity (Wildman–Crippen MR) is 106 cm³/mol. The number of carbonyl (C=O) groups is 2. The van der Waals surface area contributed by atoms with Crippen LogP contribution < -0.4 is 10.6 Å². The van der Waals surface area contributed by atoms with Crippen LogP contribution in [0.1, 0.15) is 5.56 Å². The molecule has 5 nitrogen and oxygen atoms in total. The number of hydrogen-bond acceptors (Lipinski definition) is 3. The molecule has 0 bridgehead atoms. The predicted octanol–water partition coefficient (Wildman–Crippen LogP) is 3.57. The molecule has 2 N–H and O–H groups in total. The zero-order valence-corrected chi connectivity index (χ0v) is 15.4. The van der Waals surface area contributed by atoms with Crippen LogP contribution in [0, 0.1) is 17.6 Å². The first kappa shape index (κ1) is 19.0. The first-order valence-corrected chi connectivity index (χ1v) is 9.29. The number of carbonyl (C=O) groups excluding carboxylic acids is 2. The number of urea groups is 1. The zero-order valence-electron chi connectivity index (χ0n) is 15.4. The number of benzene rings is 2. The van der Waals surface area contributed by atoms with Gasteiger partial charge in [0, 0.05) is 13.1 Å². The largest absolute Gasteiger partial charge is 0.323 e. The molecule has 7 heteroatoms.